The van der Waals surface area contributed by atoms with Crippen LogP contribution in [0.1, 0.15) is 39.5 Å². The van der Waals surface area contributed by atoms with Crippen LogP contribution in [0.3, 0.4) is 0 Å². The van der Waals surface area contributed by atoms with Gasteiger partial charge in [-0.1, -0.05) is 24.3 Å². The zero-order valence-electron chi connectivity index (χ0n) is 15.2. The summed E-state index contributed by atoms with van der Waals surface area (Å²) < 4.78 is 11.1. The van der Waals surface area contributed by atoms with Gasteiger partial charge in [0.2, 0.25) is 0 Å². The fourth-order valence-corrected chi connectivity index (χ4v) is 2.91. The van der Waals surface area contributed by atoms with E-state index < -0.39 is 11.9 Å². The summed E-state index contributed by atoms with van der Waals surface area (Å²) in [7, 11) is 1.47. The van der Waals surface area contributed by atoms with Crippen LogP contribution in [-0.4, -0.2) is 35.0 Å². The van der Waals surface area contributed by atoms with E-state index in [1.54, 1.807) is 25.1 Å². The van der Waals surface area contributed by atoms with Crippen LogP contribution in [0.5, 0.6) is 11.5 Å². The van der Waals surface area contributed by atoms with Crippen molar-refractivity contribution in [3.05, 3.63) is 58.1 Å². The van der Waals surface area contributed by atoms with Crippen LogP contribution in [0.2, 0.25) is 0 Å². The van der Waals surface area contributed by atoms with E-state index in [0.717, 1.165) is 12.5 Å². The summed E-state index contributed by atoms with van der Waals surface area (Å²) in [5.41, 5.74) is 2.89. The molecule has 0 bridgehead atoms. The van der Waals surface area contributed by atoms with Crippen LogP contribution in [0, 0.1) is 6.92 Å². The van der Waals surface area contributed by atoms with Crippen LogP contribution in [0.15, 0.2) is 30.3 Å². The third-order valence-corrected chi connectivity index (χ3v) is 4.05. The van der Waals surface area contributed by atoms with Crippen LogP contribution in [0.4, 0.5) is 0 Å². The van der Waals surface area contributed by atoms with E-state index in [0.29, 0.717) is 33.8 Å². The molecular formula is C20H20O7. The fraction of sp³-hybridized carbons (Fsp3) is 0.250. The Morgan fingerprint density at radius 3 is 2.44 bits per heavy atom. The zero-order chi connectivity index (χ0) is 20.1. The minimum Gasteiger partial charge on any atom is -0.496 e. The maximum absolute atomic E-state index is 12.9. The molecule has 0 unspecified atom stereocenters. The van der Waals surface area contributed by atoms with Crippen molar-refractivity contribution in [3.63, 3.8) is 0 Å². The first-order valence-corrected chi connectivity index (χ1v) is 8.13. The molecule has 3 rings (SSSR count). The van der Waals surface area contributed by atoms with Gasteiger partial charge in [0.15, 0.2) is 5.78 Å². The van der Waals surface area contributed by atoms with Gasteiger partial charge in [0.1, 0.15) is 18.1 Å². The SMILES string of the molecule is CC(=O)O.COc1cc2c(c(C)c1CC(=O)O)C(=O)c1ccccc1CO2. The molecule has 7 nitrogen and oxygen atoms in total. The summed E-state index contributed by atoms with van der Waals surface area (Å²) in [5.74, 6) is -1.12. The average molecular weight is 372 g/mol. The van der Waals surface area contributed by atoms with Crippen molar-refractivity contribution >= 4 is 17.7 Å². The fourth-order valence-electron chi connectivity index (χ4n) is 2.91. The number of carbonyl (C=O) groups is 3. The van der Waals surface area contributed by atoms with Gasteiger partial charge in [-0.25, -0.2) is 0 Å². The number of hydrogen-bond acceptors (Lipinski definition) is 5. The summed E-state index contributed by atoms with van der Waals surface area (Å²) in [6.07, 6.45) is -0.211. The Labute approximate surface area is 156 Å². The van der Waals surface area contributed by atoms with Gasteiger partial charge in [0.25, 0.3) is 5.97 Å². The molecule has 142 valence electrons. The molecule has 2 aromatic carbocycles. The number of methoxy groups -OCH3 is 1. The molecule has 0 fully saturated rings. The first-order chi connectivity index (χ1) is 12.8. The average Bonchev–Trinajstić information content (AvgIpc) is 2.74. The van der Waals surface area contributed by atoms with Gasteiger partial charge in [-0.3, -0.25) is 14.4 Å². The number of rotatable bonds is 3. The minimum absolute atomic E-state index is 0.153. The predicted molar refractivity (Wildman–Crippen MR) is 96.6 cm³/mol. The Kier molecular flexibility index (Phi) is 6.18. The second-order valence-electron chi connectivity index (χ2n) is 5.92. The smallest absolute Gasteiger partial charge is 0.307 e. The van der Waals surface area contributed by atoms with Crippen molar-refractivity contribution < 1.29 is 34.1 Å². The van der Waals surface area contributed by atoms with Crippen molar-refractivity contribution in [3.8, 4) is 11.5 Å². The van der Waals surface area contributed by atoms with Gasteiger partial charge in [-0.05, 0) is 12.5 Å². The normalized spacial score (nSPS) is 11.7. The lowest BCUT2D eigenvalue weighted by molar-refractivity contribution is -0.136. The number of carboxylic acid groups (broad SMARTS) is 2. The van der Waals surface area contributed by atoms with Gasteiger partial charge >= 0.3 is 5.97 Å². The topological polar surface area (TPSA) is 110 Å². The van der Waals surface area contributed by atoms with E-state index >= 15 is 0 Å². The molecule has 7 heteroatoms. The van der Waals surface area contributed by atoms with Crippen molar-refractivity contribution in [2.75, 3.05) is 7.11 Å². The summed E-state index contributed by atoms with van der Waals surface area (Å²) in [6, 6.07) is 8.87. The molecule has 0 amide bonds. The highest BCUT2D eigenvalue weighted by atomic mass is 16.5. The highest BCUT2D eigenvalue weighted by Crippen LogP contribution is 2.37. The molecule has 1 heterocycles. The maximum atomic E-state index is 12.9. The van der Waals surface area contributed by atoms with Crippen LogP contribution in [0.25, 0.3) is 0 Å². The minimum atomic E-state index is -0.978. The molecule has 1 aliphatic heterocycles. The maximum Gasteiger partial charge on any atom is 0.307 e. The summed E-state index contributed by atoms with van der Waals surface area (Å²) >= 11 is 0. The Morgan fingerprint density at radius 2 is 1.85 bits per heavy atom. The summed E-state index contributed by atoms with van der Waals surface area (Å²) in [4.78, 5) is 33.1. The van der Waals surface area contributed by atoms with Gasteiger partial charge in [0, 0.05) is 29.7 Å². The van der Waals surface area contributed by atoms with Crippen LogP contribution in [-0.2, 0) is 22.6 Å². The lowest BCUT2D eigenvalue weighted by atomic mass is 9.91. The molecule has 0 aliphatic carbocycles. The van der Waals surface area contributed by atoms with Crippen molar-refractivity contribution in [2.24, 2.45) is 0 Å². The van der Waals surface area contributed by atoms with Crippen molar-refractivity contribution in [1.29, 1.82) is 0 Å². The number of aliphatic carboxylic acids is 2. The van der Waals surface area contributed by atoms with Crippen LogP contribution >= 0.6 is 0 Å². The van der Waals surface area contributed by atoms with E-state index in [4.69, 9.17) is 24.5 Å². The van der Waals surface area contributed by atoms with Gasteiger partial charge < -0.3 is 19.7 Å². The van der Waals surface area contributed by atoms with E-state index in [2.05, 4.69) is 0 Å². The summed E-state index contributed by atoms with van der Waals surface area (Å²) in [6.45, 7) is 3.10. The predicted octanol–water partition coefficient (Wildman–Crippen LogP) is 2.85. The highest BCUT2D eigenvalue weighted by molar-refractivity contribution is 6.13. The number of hydrogen-bond donors (Lipinski definition) is 2. The van der Waals surface area contributed by atoms with E-state index in [9.17, 15) is 9.59 Å². The van der Waals surface area contributed by atoms with E-state index in [1.807, 2.05) is 12.1 Å². The molecule has 27 heavy (non-hydrogen) atoms. The monoisotopic (exact) mass is 372 g/mol. The largest absolute Gasteiger partial charge is 0.496 e. The molecular weight excluding hydrogens is 352 g/mol. The molecule has 0 atom stereocenters. The van der Waals surface area contributed by atoms with Gasteiger partial charge in [0.05, 0.1) is 19.1 Å². The molecule has 0 saturated carbocycles. The lowest BCUT2D eigenvalue weighted by Gasteiger charge is -2.16. The molecule has 2 aromatic rings. The standard InChI is InChI=1S/C18H16O5.C2H4O2/c1-10-13(7-16(19)20)14(22-2)8-15-17(10)18(21)12-6-4-3-5-11(12)9-23-15;1-2(3)4/h3-6,8H,7,9H2,1-2H3,(H,19,20);1H3,(H,3,4). The Hall–Kier alpha value is -3.35. The molecule has 1 aliphatic rings. The highest BCUT2D eigenvalue weighted by Gasteiger charge is 2.27. The first kappa shape index (κ1) is 20.0. The second-order valence-corrected chi connectivity index (χ2v) is 5.92. The van der Waals surface area contributed by atoms with Gasteiger partial charge in [-0.2, -0.15) is 0 Å². The lowest BCUT2D eigenvalue weighted by Crippen LogP contribution is -2.11. The third-order valence-electron chi connectivity index (χ3n) is 4.05. The molecule has 2 N–H and O–H groups in total. The zero-order valence-corrected chi connectivity index (χ0v) is 15.2. The molecule has 0 spiro atoms. The van der Waals surface area contributed by atoms with Crippen molar-refractivity contribution in [2.45, 2.75) is 26.9 Å². The first-order valence-electron chi connectivity index (χ1n) is 8.13. The van der Waals surface area contributed by atoms with Crippen molar-refractivity contribution in [1.82, 2.24) is 0 Å². The number of carbonyl (C=O) groups excluding carboxylic acids is 1. The van der Waals surface area contributed by atoms with Crippen LogP contribution < -0.4 is 9.47 Å². The molecule has 0 aromatic heterocycles. The number of fused-ring (bicyclic) bond motifs is 2. The summed E-state index contributed by atoms with van der Waals surface area (Å²) in [5, 5.41) is 16.5. The molecule has 0 radical (unpaired) electrons. The number of ether oxygens (including phenoxy) is 2. The second kappa shape index (κ2) is 8.35. The Morgan fingerprint density at radius 1 is 1.22 bits per heavy atom. The van der Waals surface area contributed by atoms with E-state index in [-0.39, 0.29) is 18.8 Å². The number of ketones is 1. The van der Waals surface area contributed by atoms with Gasteiger partial charge in [-0.15, -0.1) is 0 Å². The third kappa shape index (κ3) is 4.44. The van der Waals surface area contributed by atoms with E-state index in [1.165, 1.54) is 7.11 Å². The number of benzene rings is 2. The number of carboxylic acids is 2. The molecule has 0 saturated heterocycles. The Bertz CT molecular complexity index is 895. The Balaban J connectivity index is 0.000000596. The quantitative estimate of drug-likeness (QED) is 0.852.